The standard InChI is InChI=1S/C24H26N2O6S/c1-17-7-5-6-8-19(17)16-32-22-13-18(9-11-21(22)30-3)15-25-26-33(27,28)24-12-10-20(29-2)14-23(24)31-4/h5-15,26H,16H2,1-4H3. The van der Waals surface area contributed by atoms with Crippen LogP contribution in [0.5, 0.6) is 23.0 Å². The third kappa shape index (κ3) is 5.95. The summed E-state index contributed by atoms with van der Waals surface area (Å²) in [6.45, 7) is 2.39. The van der Waals surface area contributed by atoms with Crippen molar-refractivity contribution in [3.63, 3.8) is 0 Å². The van der Waals surface area contributed by atoms with E-state index in [0.29, 0.717) is 29.4 Å². The van der Waals surface area contributed by atoms with Crippen LogP contribution >= 0.6 is 0 Å². The first-order valence-electron chi connectivity index (χ1n) is 10.00. The number of nitrogens with one attached hydrogen (secondary N) is 1. The van der Waals surface area contributed by atoms with Crippen LogP contribution in [0.3, 0.4) is 0 Å². The van der Waals surface area contributed by atoms with Crippen molar-refractivity contribution in [1.82, 2.24) is 4.83 Å². The van der Waals surface area contributed by atoms with Crippen LogP contribution in [0.1, 0.15) is 16.7 Å². The van der Waals surface area contributed by atoms with Crippen molar-refractivity contribution < 1.29 is 27.4 Å². The maximum absolute atomic E-state index is 12.7. The van der Waals surface area contributed by atoms with Gasteiger partial charge in [0.05, 0.1) is 27.5 Å². The van der Waals surface area contributed by atoms with Gasteiger partial charge in [0, 0.05) is 6.07 Å². The molecule has 8 nitrogen and oxygen atoms in total. The first-order chi connectivity index (χ1) is 15.9. The van der Waals surface area contributed by atoms with Gasteiger partial charge in [0.25, 0.3) is 10.0 Å². The summed E-state index contributed by atoms with van der Waals surface area (Å²) in [5.74, 6) is 1.70. The average Bonchev–Trinajstić information content (AvgIpc) is 2.83. The van der Waals surface area contributed by atoms with Crippen molar-refractivity contribution in [3.05, 3.63) is 77.4 Å². The Morgan fingerprint density at radius 2 is 1.64 bits per heavy atom. The van der Waals surface area contributed by atoms with Gasteiger partial charge in [-0.1, -0.05) is 24.3 Å². The van der Waals surface area contributed by atoms with E-state index in [1.165, 1.54) is 38.6 Å². The largest absolute Gasteiger partial charge is 0.497 e. The van der Waals surface area contributed by atoms with E-state index in [9.17, 15) is 8.42 Å². The van der Waals surface area contributed by atoms with Gasteiger partial charge in [0.2, 0.25) is 0 Å². The van der Waals surface area contributed by atoms with Crippen LogP contribution in [0.2, 0.25) is 0 Å². The lowest BCUT2D eigenvalue weighted by Gasteiger charge is -2.13. The lowest BCUT2D eigenvalue weighted by Crippen LogP contribution is -2.19. The Kier molecular flexibility index (Phi) is 7.78. The lowest BCUT2D eigenvalue weighted by atomic mass is 10.1. The van der Waals surface area contributed by atoms with E-state index in [2.05, 4.69) is 9.93 Å². The molecule has 0 radical (unpaired) electrons. The summed E-state index contributed by atoms with van der Waals surface area (Å²) < 4.78 is 46.9. The molecule has 0 fully saturated rings. The Hall–Kier alpha value is -3.72. The van der Waals surface area contributed by atoms with E-state index >= 15 is 0 Å². The number of ether oxygens (including phenoxy) is 4. The topological polar surface area (TPSA) is 95.5 Å². The number of hydrogen-bond donors (Lipinski definition) is 1. The number of hydrogen-bond acceptors (Lipinski definition) is 7. The van der Waals surface area contributed by atoms with Gasteiger partial charge in [-0.15, -0.1) is 0 Å². The summed E-state index contributed by atoms with van der Waals surface area (Å²) in [5, 5.41) is 3.89. The molecule has 0 aliphatic carbocycles. The molecule has 0 aliphatic heterocycles. The van der Waals surface area contributed by atoms with E-state index in [4.69, 9.17) is 18.9 Å². The molecule has 0 aromatic heterocycles. The highest BCUT2D eigenvalue weighted by atomic mass is 32.2. The molecule has 0 aliphatic rings. The van der Waals surface area contributed by atoms with Crippen LogP contribution in [0.4, 0.5) is 0 Å². The van der Waals surface area contributed by atoms with Crippen LogP contribution < -0.4 is 23.8 Å². The first kappa shape index (κ1) is 23.9. The summed E-state index contributed by atoms with van der Waals surface area (Å²) in [5.41, 5.74) is 2.80. The molecule has 1 N–H and O–H groups in total. The molecule has 9 heteroatoms. The highest BCUT2D eigenvalue weighted by Crippen LogP contribution is 2.29. The second-order valence-electron chi connectivity index (χ2n) is 7.00. The van der Waals surface area contributed by atoms with Crippen molar-refractivity contribution in [1.29, 1.82) is 0 Å². The number of rotatable bonds is 10. The van der Waals surface area contributed by atoms with Crippen LogP contribution in [-0.2, 0) is 16.6 Å². The predicted octanol–water partition coefficient (Wildman–Crippen LogP) is 3.91. The molecule has 3 aromatic rings. The number of sulfonamides is 1. The fraction of sp³-hybridized carbons (Fsp3) is 0.208. The van der Waals surface area contributed by atoms with Gasteiger partial charge in [-0.3, -0.25) is 0 Å². The van der Waals surface area contributed by atoms with E-state index in [1.807, 2.05) is 31.2 Å². The second kappa shape index (κ2) is 10.7. The van der Waals surface area contributed by atoms with E-state index in [1.54, 1.807) is 25.3 Å². The number of hydrazone groups is 1. The zero-order chi connectivity index (χ0) is 23.8. The van der Waals surface area contributed by atoms with Crippen molar-refractivity contribution in [2.45, 2.75) is 18.4 Å². The van der Waals surface area contributed by atoms with Gasteiger partial charge < -0.3 is 18.9 Å². The molecule has 174 valence electrons. The van der Waals surface area contributed by atoms with Gasteiger partial charge in [0.1, 0.15) is 23.0 Å². The zero-order valence-electron chi connectivity index (χ0n) is 18.9. The summed E-state index contributed by atoms with van der Waals surface area (Å²) >= 11 is 0. The van der Waals surface area contributed by atoms with Crippen LogP contribution in [0, 0.1) is 6.92 Å². The van der Waals surface area contributed by atoms with Gasteiger partial charge in [-0.2, -0.15) is 18.4 Å². The molecule has 0 saturated heterocycles. The Bertz CT molecular complexity index is 1240. The first-order valence-corrected chi connectivity index (χ1v) is 11.5. The van der Waals surface area contributed by atoms with Gasteiger partial charge in [-0.25, -0.2) is 0 Å². The Balaban J connectivity index is 1.76. The lowest BCUT2D eigenvalue weighted by molar-refractivity contribution is 0.284. The zero-order valence-corrected chi connectivity index (χ0v) is 19.7. The molecule has 0 bridgehead atoms. The van der Waals surface area contributed by atoms with Gasteiger partial charge >= 0.3 is 0 Å². The second-order valence-corrected chi connectivity index (χ2v) is 8.62. The van der Waals surface area contributed by atoms with Crippen molar-refractivity contribution >= 4 is 16.2 Å². The summed E-state index contributed by atoms with van der Waals surface area (Å²) in [6.07, 6.45) is 1.38. The number of aryl methyl sites for hydroxylation is 1. The predicted molar refractivity (Wildman–Crippen MR) is 126 cm³/mol. The molecule has 33 heavy (non-hydrogen) atoms. The molecular weight excluding hydrogens is 444 g/mol. The molecule has 3 aromatic carbocycles. The van der Waals surface area contributed by atoms with E-state index < -0.39 is 10.0 Å². The Labute approximate surface area is 193 Å². The molecule has 0 amide bonds. The summed E-state index contributed by atoms with van der Waals surface area (Å²) in [4.78, 5) is 2.14. The van der Waals surface area contributed by atoms with Crippen LogP contribution in [0.15, 0.2) is 70.7 Å². The Morgan fingerprint density at radius 3 is 2.33 bits per heavy atom. The Morgan fingerprint density at radius 1 is 0.879 bits per heavy atom. The van der Waals surface area contributed by atoms with E-state index in [-0.39, 0.29) is 10.6 Å². The third-order valence-electron chi connectivity index (χ3n) is 4.88. The highest BCUT2D eigenvalue weighted by Gasteiger charge is 2.19. The minimum atomic E-state index is -3.96. The van der Waals surface area contributed by atoms with E-state index in [0.717, 1.165) is 11.1 Å². The fourth-order valence-corrected chi connectivity index (χ4v) is 3.97. The van der Waals surface area contributed by atoms with Crippen LogP contribution in [-0.4, -0.2) is 36.0 Å². The fourth-order valence-electron chi connectivity index (χ4n) is 3.03. The molecule has 0 unspecified atom stereocenters. The minimum Gasteiger partial charge on any atom is -0.497 e. The smallest absolute Gasteiger partial charge is 0.280 e. The maximum Gasteiger partial charge on any atom is 0.280 e. The number of methoxy groups -OCH3 is 3. The minimum absolute atomic E-state index is 0.0556. The average molecular weight is 471 g/mol. The SMILES string of the molecule is COc1ccc(S(=O)(=O)NN=Cc2ccc(OC)c(OCc3ccccc3C)c2)c(OC)c1. The van der Waals surface area contributed by atoms with Crippen LogP contribution in [0.25, 0.3) is 0 Å². The summed E-state index contributed by atoms with van der Waals surface area (Å²) in [6, 6.07) is 17.5. The number of nitrogens with zero attached hydrogens (tertiary/aromatic N) is 1. The number of benzene rings is 3. The molecule has 0 heterocycles. The molecular formula is C24H26N2O6S. The van der Waals surface area contributed by atoms with Crippen molar-refractivity contribution in [3.8, 4) is 23.0 Å². The molecule has 0 spiro atoms. The monoisotopic (exact) mass is 470 g/mol. The quantitative estimate of drug-likeness (QED) is 0.357. The van der Waals surface area contributed by atoms with Gasteiger partial charge in [-0.05, 0) is 53.9 Å². The molecule has 0 atom stereocenters. The molecule has 0 saturated carbocycles. The normalized spacial score (nSPS) is 11.3. The van der Waals surface area contributed by atoms with Crippen molar-refractivity contribution in [2.75, 3.05) is 21.3 Å². The third-order valence-corrected chi connectivity index (χ3v) is 6.14. The highest BCUT2D eigenvalue weighted by molar-refractivity contribution is 7.89. The van der Waals surface area contributed by atoms with Gasteiger partial charge in [0.15, 0.2) is 11.5 Å². The summed E-state index contributed by atoms with van der Waals surface area (Å²) in [7, 11) is 0.466. The molecule has 3 rings (SSSR count). The van der Waals surface area contributed by atoms with Crippen molar-refractivity contribution in [2.24, 2.45) is 5.10 Å². The maximum atomic E-state index is 12.7.